The lowest BCUT2D eigenvalue weighted by Crippen LogP contribution is -2.38. The minimum Gasteiger partial charge on any atom is -0.394 e. The van der Waals surface area contributed by atoms with E-state index in [-0.39, 0.29) is 18.6 Å². The molecule has 1 unspecified atom stereocenters. The number of benzene rings is 1. The second-order valence-corrected chi connectivity index (χ2v) is 4.67. The van der Waals surface area contributed by atoms with E-state index in [0.717, 1.165) is 30.5 Å². The highest BCUT2D eigenvalue weighted by Crippen LogP contribution is 2.21. The lowest BCUT2D eigenvalue weighted by molar-refractivity contribution is 0.0676. The van der Waals surface area contributed by atoms with Gasteiger partial charge in [0.05, 0.1) is 12.6 Å². The summed E-state index contributed by atoms with van der Waals surface area (Å²) in [5.74, 6) is 0.0237. The fraction of sp³-hybridized carbons (Fsp3) is 0.500. The van der Waals surface area contributed by atoms with Gasteiger partial charge in [-0.05, 0) is 37.4 Å². The lowest BCUT2D eigenvalue weighted by atomic mass is 10.0. The molecule has 1 aromatic rings. The summed E-state index contributed by atoms with van der Waals surface area (Å²) >= 11 is 0. The van der Waals surface area contributed by atoms with Gasteiger partial charge in [-0.15, -0.1) is 0 Å². The molecular formula is C14H20N2O2. The molecule has 1 aliphatic heterocycles. The molecule has 1 heterocycles. The van der Waals surface area contributed by atoms with Gasteiger partial charge in [0.1, 0.15) is 0 Å². The van der Waals surface area contributed by atoms with Crippen molar-refractivity contribution in [2.45, 2.75) is 25.3 Å². The third-order valence-corrected chi connectivity index (χ3v) is 3.51. The molecule has 98 valence electrons. The number of nitrogens with zero attached hydrogens (tertiary/aromatic N) is 1. The zero-order valence-corrected chi connectivity index (χ0v) is 10.5. The summed E-state index contributed by atoms with van der Waals surface area (Å²) < 4.78 is 0. The Kier molecular flexibility index (Phi) is 4.33. The number of likely N-dealkylation sites (tertiary alicyclic amines) is 1. The van der Waals surface area contributed by atoms with Crippen LogP contribution in [0.25, 0.3) is 0 Å². The first-order valence-corrected chi connectivity index (χ1v) is 6.47. The molecule has 1 fully saturated rings. The van der Waals surface area contributed by atoms with E-state index in [4.69, 9.17) is 5.73 Å². The Hall–Kier alpha value is -1.39. The van der Waals surface area contributed by atoms with Crippen LogP contribution in [0.15, 0.2) is 24.3 Å². The molecule has 3 N–H and O–H groups in total. The summed E-state index contributed by atoms with van der Waals surface area (Å²) in [6.07, 6.45) is 2.57. The summed E-state index contributed by atoms with van der Waals surface area (Å²) in [7, 11) is 0. The molecule has 0 spiro atoms. The number of carbonyl (C=O) groups excluding carboxylic acids is 1. The SMILES string of the molecule is NCCc1ccccc1C(=O)N1CCCC1CO. The predicted molar refractivity (Wildman–Crippen MR) is 70.3 cm³/mol. The van der Waals surface area contributed by atoms with E-state index in [9.17, 15) is 9.90 Å². The topological polar surface area (TPSA) is 66.6 Å². The van der Waals surface area contributed by atoms with E-state index in [1.807, 2.05) is 24.3 Å². The normalized spacial score (nSPS) is 19.2. The predicted octanol–water partition coefficient (Wildman–Crippen LogP) is 0.785. The Morgan fingerprint density at radius 2 is 2.22 bits per heavy atom. The van der Waals surface area contributed by atoms with Crippen LogP contribution in [0.2, 0.25) is 0 Å². The summed E-state index contributed by atoms with van der Waals surface area (Å²) in [4.78, 5) is 14.3. The standard InChI is InChI=1S/C14H20N2O2/c15-8-7-11-4-1-2-6-13(11)14(18)16-9-3-5-12(16)10-17/h1-2,4,6,12,17H,3,5,7-10,15H2. The molecule has 0 bridgehead atoms. The zero-order chi connectivity index (χ0) is 13.0. The number of hydrogen-bond acceptors (Lipinski definition) is 3. The summed E-state index contributed by atoms with van der Waals surface area (Å²) in [5.41, 5.74) is 7.29. The maximum atomic E-state index is 12.5. The van der Waals surface area contributed by atoms with Crippen LogP contribution in [0.3, 0.4) is 0 Å². The van der Waals surface area contributed by atoms with E-state index in [2.05, 4.69) is 0 Å². The van der Waals surface area contributed by atoms with Crippen molar-refractivity contribution in [1.82, 2.24) is 4.90 Å². The smallest absolute Gasteiger partial charge is 0.254 e. The van der Waals surface area contributed by atoms with Crippen LogP contribution in [-0.4, -0.2) is 41.7 Å². The largest absolute Gasteiger partial charge is 0.394 e. The Bertz CT molecular complexity index is 420. The van der Waals surface area contributed by atoms with Gasteiger partial charge in [0, 0.05) is 12.1 Å². The zero-order valence-electron chi connectivity index (χ0n) is 10.5. The molecule has 1 atom stereocenters. The first-order valence-electron chi connectivity index (χ1n) is 6.47. The van der Waals surface area contributed by atoms with E-state index in [1.165, 1.54) is 0 Å². The van der Waals surface area contributed by atoms with Crippen molar-refractivity contribution < 1.29 is 9.90 Å². The van der Waals surface area contributed by atoms with E-state index in [1.54, 1.807) is 4.90 Å². The van der Waals surface area contributed by atoms with Gasteiger partial charge in [-0.1, -0.05) is 18.2 Å². The van der Waals surface area contributed by atoms with Gasteiger partial charge in [0.2, 0.25) is 0 Å². The average Bonchev–Trinajstić information content (AvgIpc) is 2.87. The molecule has 0 aromatic heterocycles. The van der Waals surface area contributed by atoms with Gasteiger partial charge in [-0.2, -0.15) is 0 Å². The van der Waals surface area contributed by atoms with Crippen molar-refractivity contribution in [2.24, 2.45) is 5.73 Å². The molecule has 4 nitrogen and oxygen atoms in total. The number of amides is 1. The van der Waals surface area contributed by atoms with Crippen LogP contribution in [-0.2, 0) is 6.42 Å². The summed E-state index contributed by atoms with van der Waals surface area (Å²) in [6, 6.07) is 7.57. The second-order valence-electron chi connectivity index (χ2n) is 4.67. The third-order valence-electron chi connectivity index (χ3n) is 3.51. The quantitative estimate of drug-likeness (QED) is 0.827. The number of carbonyl (C=O) groups is 1. The van der Waals surface area contributed by atoms with Crippen molar-refractivity contribution in [3.05, 3.63) is 35.4 Å². The highest BCUT2D eigenvalue weighted by Gasteiger charge is 2.29. The first kappa shape index (κ1) is 13.1. The Balaban J connectivity index is 2.22. The fourth-order valence-electron chi connectivity index (χ4n) is 2.55. The van der Waals surface area contributed by atoms with Crippen LogP contribution in [0.4, 0.5) is 0 Å². The highest BCUT2D eigenvalue weighted by atomic mass is 16.3. The van der Waals surface area contributed by atoms with E-state index >= 15 is 0 Å². The maximum Gasteiger partial charge on any atom is 0.254 e. The van der Waals surface area contributed by atoms with Gasteiger partial charge in [-0.25, -0.2) is 0 Å². The molecule has 0 aliphatic carbocycles. The van der Waals surface area contributed by atoms with Crippen LogP contribution in [0, 0.1) is 0 Å². The van der Waals surface area contributed by atoms with Gasteiger partial charge >= 0.3 is 0 Å². The monoisotopic (exact) mass is 248 g/mol. The summed E-state index contributed by atoms with van der Waals surface area (Å²) in [6.45, 7) is 1.32. The van der Waals surface area contributed by atoms with Crippen molar-refractivity contribution in [3.8, 4) is 0 Å². The molecule has 1 amide bonds. The number of rotatable bonds is 4. The van der Waals surface area contributed by atoms with Crippen molar-refractivity contribution >= 4 is 5.91 Å². The average molecular weight is 248 g/mol. The maximum absolute atomic E-state index is 12.5. The van der Waals surface area contributed by atoms with Crippen LogP contribution >= 0.6 is 0 Å². The van der Waals surface area contributed by atoms with Crippen LogP contribution in [0.5, 0.6) is 0 Å². The molecular weight excluding hydrogens is 228 g/mol. The van der Waals surface area contributed by atoms with E-state index < -0.39 is 0 Å². The fourth-order valence-corrected chi connectivity index (χ4v) is 2.55. The Morgan fingerprint density at radius 1 is 1.44 bits per heavy atom. The van der Waals surface area contributed by atoms with Crippen molar-refractivity contribution in [2.75, 3.05) is 19.7 Å². The number of aliphatic hydroxyl groups is 1. The third kappa shape index (κ3) is 2.54. The van der Waals surface area contributed by atoms with Crippen LogP contribution in [0.1, 0.15) is 28.8 Å². The Morgan fingerprint density at radius 3 is 2.94 bits per heavy atom. The summed E-state index contributed by atoms with van der Waals surface area (Å²) in [5, 5.41) is 9.29. The molecule has 0 saturated carbocycles. The first-order chi connectivity index (χ1) is 8.77. The van der Waals surface area contributed by atoms with Gasteiger partial charge in [-0.3, -0.25) is 4.79 Å². The van der Waals surface area contributed by atoms with Gasteiger partial charge < -0.3 is 15.7 Å². The Labute approximate surface area is 107 Å². The lowest BCUT2D eigenvalue weighted by Gasteiger charge is -2.24. The van der Waals surface area contributed by atoms with Crippen molar-refractivity contribution in [1.29, 1.82) is 0 Å². The van der Waals surface area contributed by atoms with E-state index in [0.29, 0.717) is 13.0 Å². The van der Waals surface area contributed by atoms with Crippen molar-refractivity contribution in [3.63, 3.8) is 0 Å². The second kappa shape index (κ2) is 5.98. The number of aliphatic hydroxyl groups excluding tert-OH is 1. The number of hydrogen-bond donors (Lipinski definition) is 2. The molecule has 1 saturated heterocycles. The molecule has 1 aliphatic rings. The minimum atomic E-state index is -0.0246. The molecule has 0 radical (unpaired) electrons. The van der Waals surface area contributed by atoms with Gasteiger partial charge in [0.15, 0.2) is 0 Å². The molecule has 2 rings (SSSR count). The molecule has 18 heavy (non-hydrogen) atoms. The number of nitrogens with two attached hydrogens (primary N) is 1. The minimum absolute atomic E-state index is 0.0237. The molecule has 4 heteroatoms. The van der Waals surface area contributed by atoms with Crippen LogP contribution < -0.4 is 5.73 Å². The van der Waals surface area contributed by atoms with Gasteiger partial charge in [0.25, 0.3) is 5.91 Å². The molecule has 1 aromatic carbocycles. The highest BCUT2D eigenvalue weighted by molar-refractivity contribution is 5.96.